The van der Waals surface area contributed by atoms with Gasteiger partial charge in [0.05, 0.1) is 0 Å². The molecule has 100 valence electrons. The van der Waals surface area contributed by atoms with E-state index in [1.165, 1.54) is 5.56 Å². The van der Waals surface area contributed by atoms with Gasteiger partial charge in [-0.3, -0.25) is 4.98 Å². The summed E-state index contributed by atoms with van der Waals surface area (Å²) < 4.78 is 0. The number of rotatable bonds is 5. The summed E-state index contributed by atoms with van der Waals surface area (Å²) in [6, 6.07) is 9.83. The number of nitrogens with one attached hydrogen (secondary N) is 1. The van der Waals surface area contributed by atoms with Gasteiger partial charge in [-0.2, -0.15) is 0 Å². The molecule has 1 aromatic carbocycles. The molecular formula is C15H16Cl2N2. The van der Waals surface area contributed by atoms with Crippen LogP contribution < -0.4 is 5.32 Å². The average Bonchev–Trinajstić information content (AvgIpc) is 2.43. The zero-order chi connectivity index (χ0) is 13.7. The second kappa shape index (κ2) is 6.90. The quantitative estimate of drug-likeness (QED) is 0.890. The van der Waals surface area contributed by atoms with Crippen molar-refractivity contribution < 1.29 is 0 Å². The molecule has 2 nitrogen and oxygen atoms in total. The summed E-state index contributed by atoms with van der Waals surface area (Å²) in [7, 11) is 0. The Balaban J connectivity index is 2.24. The van der Waals surface area contributed by atoms with Crippen molar-refractivity contribution >= 4 is 23.2 Å². The molecular weight excluding hydrogens is 279 g/mol. The van der Waals surface area contributed by atoms with Gasteiger partial charge < -0.3 is 5.32 Å². The second-order valence-electron chi connectivity index (χ2n) is 4.33. The number of pyridine rings is 1. The zero-order valence-corrected chi connectivity index (χ0v) is 12.2. The van der Waals surface area contributed by atoms with Crippen molar-refractivity contribution in [1.82, 2.24) is 10.3 Å². The first kappa shape index (κ1) is 14.3. The van der Waals surface area contributed by atoms with Crippen LogP contribution in [-0.2, 0) is 6.42 Å². The molecule has 2 aromatic rings. The molecule has 0 fully saturated rings. The van der Waals surface area contributed by atoms with Gasteiger partial charge in [0, 0.05) is 28.5 Å². The lowest BCUT2D eigenvalue weighted by Crippen LogP contribution is -2.23. The highest BCUT2D eigenvalue weighted by atomic mass is 35.5. The highest BCUT2D eigenvalue weighted by molar-refractivity contribution is 6.33. The molecule has 1 N–H and O–H groups in total. The van der Waals surface area contributed by atoms with Crippen LogP contribution in [0, 0.1) is 0 Å². The lowest BCUT2D eigenvalue weighted by atomic mass is 9.99. The minimum atomic E-state index is 0.212. The monoisotopic (exact) mass is 294 g/mol. The minimum Gasteiger partial charge on any atom is -0.310 e. The Morgan fingerprint density at radius 1 is 1.16 bits per heavy atom. The summed E-state index contributed by atoms with van der Waals surface area (Å²) in [6.07, 6.45) is 4.41. The predicted octanol–water partition coefficient (Wildman–Crippen LogP) is 4.28. The number of nitrogens with zero attached hydrogens (tertiary/aromatic N) is 1. The molecule has 0 aliphatic rings. The van der Waals surface area contributed by atoms with Crippen LogP contribution >= 0.6 is 23.2 Å². The number of aromatic nitrogens is 1. The third-order valence-electron chi connectivity index (χ3n) is 2.99. The Hall–Kier alpha value is -1.09. The van der Waals surface area contributed by atoms with Crippen LogP contribution in [0.5, 0.6) is 0 Å². The van der Waals surface area contributed by atoms with E-state index in [1.807, 2.05) is 30.3 Å². The Bertz CT molecular complexity index is 529. The molecule has 0 aliphatic carbocycles. The minimum absolute atomic E-state index is 0.212. The molecule has 0 bridgehead atoms. The number of hydrogen-bond acceptors (Lipinski definition) is 2. The first-order valence-corrected chi connectivity index (χ1v) is 7.03. The molecule has 1 unspecified atom stereocenters. The van der Waals surface area contributed by atoms with Crippen molar-refractivity contribution in [2.75, 3.05) is 6.54 Å². The molecule has 0 amide bonds. The van der Waals surface area contributed by atoms with Gasteiger partial charge in [0.15, 0.2) is 0 Å². The van der Waals surface area contributed by atoms with Crippen molar-refractivity contribution in [3.63, 3.8) is 0 Å². The fraction of sp³-hybridized carbons (Fsp3) is 0.267. The molecule has 2 rings (SSSR count). The smallest absolute Gasteiger partial charge is 0.0439 e. The molecule has 0 saturated heterocycles. The first-order chi connectivity index (χ1) is 9.20. The summed E-state index contributed by atoms with van der Waals surface area (Å²) in [6.45, 7) is 2.99. The molecule has 0 aliphatic heterocycles. The van der Waals surface area contributed by atoms with Crippen molar-refractivity contribution in [3.8, 4) is 0 Å². The van der Waals surface area contributed by atoms with Crippen LogP contribution in [0.3, 0.4) is 0 Å². The van der Waals surface area contributed by atoms with Crippen LogP contribution in [0.2, 0.25) is 10.0 Å². The van der Waals surface area contributed by atoms with Crippen LogP contribution in [0.1, 0.15) is 24.1 Å². The lowest BCUT2D eigenvalue weighted by molar-refractivity contribution is 0.549. The van der Waals surface area contributed by atoms with Gasteiger partial charge in [0.1, 0.15) is 0 Å². The summed E-state index contributed by atoms with van der Waals surface area (Å²) in [5, 5.41) is 4.93. The van der Waals surface area contributed by atoms with Crippen LogP contribution in [0.4, 0.5) is 0 Å². The third-order valence-corrected chi connectivity index (χ3v) is 3.59. The largest absolute Gasteiger partial charge is 0.310 e. The van der Waals surface area contributed by atoms with E-state index in [4.69, 9.17) is 23.2 Å². The molecule has 0 saturated carbocycles. The summed E-state index contributed by atoms with van der Waals surface area (Å²) in [5.41, 5.74) is 2.25. The number of benzene rings is 1. The normalized spacial score (nSPS) is 12.4. The van der Waals surface area contributed by atoms with Gasteiger partial charge >= 0.3 is 0 Å². The van der Waals surface area contributed by atoms with Gasteiger partial charge in [-0.15, -0.1) is 0 Å². The molecule has 1 atom stereocenters. The maximum absolute atomic E-state index is 6.23. The Labute approximate surface area is 123 Å². The van der Waals surface area contributed by atoms with Crippen molar-refractivity contribution in [1.29, 1.82) is 0 Å². The third kappa shape index (κ3) is 3.93. The highest BCUT2D eigenvalue weighted by Gasteiger charge is 2.13. The Morgan fingerprint density at radius 3 is 2.58 bits per heavy atom. The fourth-order valence-electron chi connectivity index (χ4n) is 2.07. The maximum atomic E-state index is 6.23. The number of halogens is 2. The molecule has 1 heterocycles. The lowest BCUT2D eigenvalue weighted by Gasteiger charge is -2.19. The van der Waals surface area contributed by atoms with E-state index in [9.17, 15) is 0 Å². The summed E-state index contributed by atoms with van der Waals surface area (Å²) in [5.74, 6) is 0. The second-order valence-corrected chi connectivity index (χ2v) is 5.17. The van der Waals surface area contributed by atoms with Gasteiger partial charge in [0.2, 0.25) is 0 Å². The molecule has 4 heteroatoms. The van der Waals surface area contributed by atoms with Gasteiger partial charge in [-0.05, 0) is 54.4 Å². The average molecular weight is 295 g/mol. The van der Waals surface area contributed by atoms with Gasteiger partial charge in [0.25, 0.3) is 0 Å². The topological polar surface area (TPSA) is 24.9 Å². The van der Waals surface area contributed by atoms with E-state index in [0.717, 1.165) is 23.6 Å². The number of hydrogen-bond donors (Lipinski definition) is 1. The molecule has 19 heavy (non-hydrogen) atoms. The van der Waals surface area contributed by atoms with Crippen LogP contribution in [0.25, 0.3) is 0 Å². The van der Waals surface area contributed by atoms with E-state index in [0.29, 0.717) is 5.02 Å². The van der Waals surface area contributed by atoms with Crippen molar-refractivity contribution in [2.45, 2.75) is 19.4 Å². The van der Waals surface area contributed by atoms with Crippen LogP contribution in [0.15, 0.2) is 42.7 Å². The van der Waals surface area contributed by atoms with E-state index in [2.05, 4.69) is 17.2 Å². The van der Waals surface area contributed by atoms with Gasteiger partial charge in [-0.1, -0.05) is 30.1 Å². The molecule has 0 radical (unpaired) electrons. The number of likely N-dealkylation sites (N-methyl/N-ethyl adjacent to an activating group) is 1. The van der Waals surface area contributed by atoms with Crippen LogP contribution in [-0.4, -0.2) is 11.5 Å². The van der Waals surface area contributed by atoms with Gasteiger partial charge in [-0.25, -0.2) is 0 Å². The summed E-state index contributed by atoms with van der Waals surface area (Å²) >= 11 is 12.3. The van der Waals surface area contributed by atoms with E-state index in [-0.39, 0.29) is 6.04 Å². The predicted molar refractivity (Wildman–Crippen MR) is 80.8 cm³/mol. The fourth-order valence-corrected chi connectivity index (χ4v) is 2.46. The highest BCUT2D eigenvalue weighted by Crippen LogP contribution is 2.26. The van der Waals surface area contributed by atoms with Crippen molar-refractivity contribution in [3.05, 3.63) is 63.9 Å². The standard InChI is InChI=1S/C15H16Cl2N2/c1-2-19-15(11-5-7-18-8-6-11)10-12-9-13(16)3-4-14(12)17/h3-9,15,19H,2,10H2,1H3. The molecule has 0 spiro atoms. The van der Waals surface area contributed by atoms with Crippen molar-refractivity contribution in [2.24, 2.45) is 0 Å². The first-order valence-electron chi connectivity index (χ1n) is 6.28. The Morgan fingerprint density at radius 2 is 1.89 bits per heavy atom. The van der Waals surface area contributed by atoms with E-state index >= 15 is 0 Å². The molecule has 1 aromatic heterocycles. The zero-order valence-electron chi connectivity index (χ0n) is 10.7. The van der Waals surface area contributed by atoms with E-state index in [1.54, 1.807) is 12.4 Å². The Kier molecular flexibility index (Phi) is 5.20. The SMILES string of the molecule is CCNC(Cc1cc(Cl)ccc1Cl)c1ccncc1. The van der Waals surface area contributed by atoms with E-state index < -0.39 is 0 Å². The summed E-state index contributed by atoms with van der Waals surface area (Å²) in [4.78, 5) is 4.05. The maximum Gasteiger partial charge on any atom is 0.0439 e.